The van der Waals surface area contributed by atoms with Gasteiger partial charge >= 0.3 is 0 Å². The number of nitrogens with one attached hydrogen (secondary N) is 1. The molecule has 1 fully saturated rings. The number of hydrogen-bond acceptors (Lipinski definition) is 12. The van der Waals surface area contributed by atoms with Crippen molar-refractivity contribution in [2.24, 2.45) is 4.99 Å². The standard InChI is InChI=1S/C43H53N8O7P/c1-29(2)51(30(3)4)59(56-24-12-23-44)58-36-25-38(50-28-45-40-39(50)41(52)48-42(47-40)46-27-49(5)6)57-37(36)26-55-43(31-13-10-9-11-14-31,32-15-19-34(53-7)20-16-32)33-17-21-35(54-8)22-18-33/h9-11,13-22,27-30,36-38H,12,24-26H2,1-8H3,(H,47,48,52)/b46-27+/t36-,37+,38+,59?/m0/s1. The Morgan fingerprint density at radius 2 is 1.59 bits per heavy atom. The van der Waals surface area contributed by atoms with Crippen LogP contribution in [-0.2, 0) is 24.1 Å². The van der Waals surface area contributed by atoms with Crippen LogP contribution in [-0.4, -0.2) is 101 Å². The smallest absolute Gasteiger partial charge is 0.278 e. The monoisotopic (exact) mass is 824 g/mol. The van der Waals surface area contributed by atoms with E-state index in [1.807, 2.05) is 93.0 Å². The number of nitrogens with zero attached hydrogens (tertiary/aromatic N) is 7. The molecular weight excluding hydrogens is 771 g/mol. The van der Waals surface area contributed by atoms with Gasteiger partial charge in [0.15, 0.2) is 11.2 Å². The molecule has 1 aliphatic heterocycles. The molecule has 1 N–H and O–H groups in total. The molecule has 0 bridgehead atoms. The molecule has 0 spiro atoms. The third-order valence-corrected chi connectivity index (χ3v) is 12.0. The van der Waals surface area contributed by atoms with E-state index in [2.05, 4.69) is 58.4 Å². The fourth-order valence-corrected chi connectivity index (χ4v) is 8.97. The Kier molecular flexibility index (Phi) is 14.5. The fourth-order valence-electron chi connectivity index (χ4n) is 7.21. The van der Waals surface area contributed by atoms with Crippen molar-refractivity contribution >= 4 is 32.0 Å². The van der Waals surface area contributed by atoms with Gasteiger partial charge in [-0.15, -0.1) is 0 Å². The fraction of sp³-hybridized carbons (Fsp3) is 0.419. The van der Waals surface area contributed by atoms with Crippen LogP contribution in [0.15, 0.2) is 95.0 Å². The van der Waals surface area contributed by atoms with Gasteiger partial charge in [0.05, 0.1) is 58.7 Å². The average Bonchev–Trinajstić information content (AvgIpc) is 3.85. The van der Waals surface area contributed by atoms with E-state index in [4.69, 9.17) is 28.0 Å². The van der Waals surface area contributed by atoms with E-state index >= 15 is 0 Å². The summed E-state index contributed by atoms with van der Waals surface area (Å²) in [7, 11) is 5.25. The molecule has 0 saturated carbocycles. The Bertz CT molecular complexity index is 2190. The summed E-state index contributed by atoms with van der Waals surface area (Å²) in [5.74, 6) is 1.55. The van der Waals surface area contributed by atoms with Crippen molar-refractivity contribution in [1.29, 1.82) is 5.26 Å². The molecule has 0 radical (unpaired) electrons. The Hall–Kier alpha value is -5.20. The summed E-state index contributed by atoms with van der Waals surface area (Å²) in [6.45, 7) is 8.62. The number of fused-ring (bicyclic) bond motifs is 1. The van der Waals surface area contributed by atoms with E-state index in [1.54, 1.807) is 36.4 Å². The Labute approximate surface area is 346 Å². The zero-order valence-corrected chi connectivity index (χ0v) is 35.7. The highest BCUT2D eigenvalue weighted by atomic mass is 31.2. The molecule has 3 aromatic carbocycles. The van der Waals surface area contributed by atoms with Crippen molar-refractivity contribution in [2.75, 3.05) is 41.5 Å². The van der Waals surface area contributed by atoms with Crippen LogP contribution in [0.5, 0.6) is 11.5 Å². The molecule has 4 atom stereocenters. The SMILES string of the molecule is COc1ccc(C(OC[C@H]2O[C@@H](n3cnc4nc(/N=C/N(C)C)[nH]c(=O)c43)C[C@@H]2OP(OCCC#N)N(C(C)C)C(C)C)(c2ccccc2)c2ccc(OC)cc2)cc1. The number of hydrogen-bond donors (Lipinski definition) is 1. The van der Waals surface area contributed by atoms with Gasteiger partial charge in [0, 0.05) is 32.6 Å². The minimum atomic E-state index is -1.67. The first-order chi connectivity index (χ1) is 28.5. The van der Waals surface area contributed by atoms with Crippen molar-refractivity contribution in [3.05, 3.63) is 112 Å². The van der Waals surface area contributed by atoms with Crippen molar-refractivity contribution in [1.82, 2.24) is 29.1 Å². The molecule has 59 heavy (non-hydrogen) atoms. The summed E-state index contributed by atoms with van der Waals surface area (Å²) in [5, 5.41) is 9.39. The zero-order chi connectivity index (χ0) is 42.1. The normalized spacial score (nSPS) is 17.6. The van der Waals surface area contributed by atoms with Crippen LogP contribution in [0.25, 0.3) is 11.2 Å². The second-order valence-electron chi connectivity index (χ2n) is 14.8. The highest BCUT2D eigenvalue weighted by Gasteiger charge is 2.45. The molecule has 16 heteroatoms. The number of aromatic nitrogens is 4. The zero-order valence-electron chi connectivity index (χ0n) is 34.8. The summed E-state index contributed by atoms with van der Waals surface area (Å²) in [4.78, 5) is 31.4. The Balaban J connectivity index is 1.44. The molecule has 15 nitrogen and oxygen atoms in total. The first-order valence-corrected chi connectivity index (χ1v) is 20.7. The molecule has 3 heterocycles. The molecule has 1 saturated heterocycles. The van der Waals surface area contributed by atoms with Gasteiger partial charge in [0.2, 0.25) is 5.95 Å². The average molecular weight is 825 g/mol. The molecule has 0 amide bonds. The van der Waals surface area contributed by atoms with E-state index in [-0.39, 0.29) is 48.8 Å². The quantitative estimate of drug-likeness (QED) is 0.0291. The van der Waals surface area contributed by atoms with Crippen LogP contribution in [0.3, 0.4) is 0 Å². The summed E-state index contributed by atoms with van der Waals surface area (Å²) in [6.07, 6.45) is 1.71. The minimum absolute atomic E-state index is 0.0590. The minimum Gasteiger partial charge on any atom is -0.497 e. The predicted molar refractivity (Wildman–Crippen MR) is 227 cm³/mol. The van der Waals surface area contributed by atoms with Gasteiger partial charge < -0.3 is 32.9 Å². The van der Waals surface area contributed by atoms with E-state index < -0.39 is 38.1 Å². The second kappa shape index (κ2) is 19.7. The van der Waals surface area contributed by atoms with Crippen LogP contribution in [0, 0.1) is 11.3 Å². The summed E-state index contributed by atoms with van der Waals surface area (Å²) in [6, 6.07) is 28.0. The number of methoxy groups -OCH3 is 2. The lowest BCUT2D eigenvalue weighted by molar-refractivity contribution is -0.0911. The van der Waals surface area contributed by atoms with Crippen molar-refractivity contribution < 1.29 is 28.0 Å². The molecule has 1 aliphatic rings. The number of aromatic amines is 1. The first kappa shape index (κ1) is 43.4. The Morgan fingerprint density at radius 1 is 0.983 bits per heavy atom. The molecule has 1 unspecified atom stereocenters. The number of benzene rings is 3. The summed E-state index contributed by atoms with van der Waals surface area (Å²) in [5.41, 5.74) is 1.55. The lowest BCUT2D eigenvalue weighted by atomic mass is 9.80. The maximum atomic E-state index is 13.6. The molecule has 0 aliphatic carbocycles. The summed E-state index contributed by atoms with van der Waals surface area (Å²) < 4.78 is 42.6. The maximum absolute atomic E-state index is 13.6. The number of aliphatic imine (C=N–C) groups is 1. The predicted octanol–water partition coefficient (Wildman–Crippen LogP) is 7.32. The highest BCUT2D eigenvalue weighted by molar-refractivity contribution is 7.44. The van der Waals surface area contributed by atoms with Gasteiger partial charge in [-0.2, -0.15) is 10.2 Å². The number of ether oxygens (including phenoxy) is 4. The van der Waals surface area contributed by atoms with Gasteiger partial charge in [0.1, 0.15) is 29.4 Å². The molecule has 2 aromatic heterocycles. The molecular formula is C43H53N8O7P. The van der Waals surface area contributed by atoms with Crippen molar-refractivity contribution in [3.8, 4) is 17.6 Å². The lowest BCUT2D eigenvalue weighted by Gasteiger charge is -2.39. The van der Waals surface area contributed by atoms with Crippen LogP contribution >= 0.6 is 8.53 Å². The third-order valence-electron chi connectivity index (χ3n) is 9.85. The third kappa shape index (κ3) is 9.82. The van der Waals surface area contributed by atoms with E-state index in [1.165, 1.54) is 0 Å². The largest absolute Gasteiger partial charge is 0.497 e. The van der Waals surface area contributed by atoms with Crippen LogP contribution in [0.4, 0.5) is 5.95 Å². The number of H-pyrrole nitrogens is 1. The van der Waals surface area contributed by atoms with Gasteiger partial charge in [-0.25, -0.2) is 14.6 Å². The van der Waals surface area contributed by atoms with E-state index in [0.29, 0.717) is 17.9 Å². The molecule has 5 aromatic rings. The topological polar surface area (TPSA) is 162 Å². The van der Waals surface area contributed by atoms with Crippen molar-refractivity contribution in [2.45, 2.75) is 76.7 Å². The second-order valence-corrected chi connectivity index (χ2v) is 16.2. The molecule has 6 rings (SSSR count). The van der Waals surface area contributed by atoms with Crippen LogP contribution in [0.1, 0.15) is 63.5 Å². The summed E-state index contributed by atoms with van der Waals surface area (Å²) >= 11 is 0. The van der Waals surface area contributed by atoms with E-state index in [0.717, 1.165) is 16.7 Å². The number of imidazole rings is 1. The Morgan fingerprint density at radius 3 is 2.15 bits per heavy atom. The van der Waals surface area contributed by atoms with E-state index in [9.17, 15) is 10.1 Å². The van der Waals surface area contributed by atoms with Gasteiger partial charge in [0.25, 0.3) is 14.1 Å². The van der Waals surface area contributed by atoms with Crippen molar-refractivity contribution in [3.63, 3.8) is 0 Å². The van der Waals surface area contributed by atoms with Crippen LogP contribution in [0.2, 0.25) is 0 Å². The number of rotatable bonds is 19. The van der Waals surface area contributed by atoms with Gasteiger partial charge in [-0.1, -0.05) is 54.6 Å². The first-order valence-electron chi connectivity index (χ1n) is 19.6. The maximum Gasteiger partial charge on any atom is 0.278 e. The van der Waals surface area contributed by atoms with Gasteiger partial charge in [-0.3, -0.25) is 14.3 Å². The lowest BCUT2D eigenvalue weighted by Crippen LogP contribution is -2.39. The number of nitriles is 1. The van der Waals surface area contributed by atoms with Crippen LogP contribution < -0.4 is 15.0 Å². The highest BCUT2D eigenvalue weighted by Crippen LogP contribution is 2.51. The van der Waals surface area contributed by atoms with Gasteiger partial charge in [-0.05, 0) is 68.7 Å². The molecule has 312 valence electrons.